The zero-order chi connectivity index (χ0) is 12.8. The van der Waals surface area contributed by atoms with Crippen LogP contribution < -0.4 is 10.2 Å². The molecule has 0 unspecified atom stereocenters. The number of anilines is 2. The molecule has 1 saturated carbocycles. The van der Waals surface area contributed by atoms with E-state index in [-0.39, 0.29) is 0 Å². The second-order valence-electron chi connectivity index (χ2n) is 5.91. The number of halogens is 1. The van der Waals surface area contributed by atoms with E-state index in [4.69, 9.17) is 0 Å². The third-order valence-corrected chi connectivity index (χ3v) is 4.88. The summed E-state index contributed by atoms with van der Waals surface area (Å²) in [5.74, 6) is 0. The third kappa shape index (κ3) is 1.83. The fourth-order valence-corrected chi connectivity index (χ4v) is 4.08. The Morgan fingerprint density at radius 3 is 2.67 bits per heavy atom. The van der Waals surface area contributed by atoms with E-state index in [0.717, 1.165) is 6.54 Å². The number of hydrogen-bond acceptors (Lipinski definition) is 2. The Kier molecular flexibility index (Phi) is 3.05. The Morgan fingerprint density at radius 2 is 2.00 bits per heavy atom. The molecule has 18 heavy (non-hydrogen) atoms. The van der Waals surface area contributed by atoms with Crippen LogP contribution in [0.2, 0.25) is 0 Å². The van der Waals surface area contributed by atoms with Crippen LogP contribution in [0.15, 0.2) is 22.7 Å². The second kappa shape index (κ2) is 4.44. The van der Waals surface area contributed by atoms with Crippen LogP contribution in [0, 0.1) is 0 Å². The van der Waals surface area contributed by atoms with E-state index in [9.17, 15) is 0 Å². The van der Waals surface area contributed by atoms with Crippen molar-refractivity contribution < 1.29 is 0 Å². The Morgan fingerprint density at radius 1 is 1.28 bits per heavy atom. The molecule has 2 aliphatic rings. The Balaban J connectivity index is 2.09. The van der Waals surface area contributed by atoms with Crippen molar-refractivity contribution in [3.8, 4) is 0 Å². The number of benzene rings is 1. The minimum atomic E-state index is 0.349. The van der Waals surface area contributed by atoms with Crippen LogP contribution in [-0.4, -0.2) is 18.1 Å². The van der Waals surface area contributed by atoms with Crippen molar-refractivity contribution in [2.75, 3.05) is 16.8 Å². The van der Waals surface area contributed by atoms with Crippen LogP contribution in [0.25, 0.3) is 0 Å². The molecule has 1 heterocycles. The molecule has 1 aromatic carbocycles. The average molecular weight is 309 g/mol. The minimum absolute atomic E-state index is 0.349. The molecule has 3 heteroatoms. The Labute approximate surface area is 118 Å². The molecule has 3 rings (SSSR count). The molecule has 1 aromatic rings. The standard InChI is InChI=1S/C15H21BrN2/c1-11(2)18-14-9-12(16)5-6-13(14)17-10-15(18)7-3-4-8-15/h5-6,9,11,17H,3-4,7-8,10H2,1-2H3. The van der Waals surface area contributed by atoms with Crippen LogP contribution in [-0.2, 0) is 0 Å². The molecule has 1 aliphatic heterocycles. The second-order valence-corrected chi connectivity index (χ2v) is 6.83. The Hall–Kier alpha value is -0.700. The molecular weight excluding hydrogens is 288 g/mol. The lowest BCUT2D eigenvalue weighted by molar-refractivity contribution is 0.381. The van der Waals surface area contributed by atoms with Gasteiger partial charge >= 0.3 is 0 Å². The quantitative estimate of drug-likeness (QED) is 0.827. The third-order valence-electron chi connectivity index (χ3n) is 4.39. The summed E-state index contributed by atoms with van der Waals surface area (Å²) in [5.41, 5.74) is 3.00. The summed E-state index contributed by atoms with van der Waals surface area (Å²) in [4.78, 5) is 2.66. The van der Waals surface area contributed by atoms with E-state index in [1.54, 1.807) is 0 Å². The highest BCUT2D eigenvalue weighted by Crippen LogP contribution is 2.46. The van der Waals surface area contributed by atoms with Gasteiger partial charge in [-0.05, 0) is 44.9 Å². The number of nitrogens with zero attached hydrogens (tertiary/aromatic N) is 1. The lowest BCUT2D eigenvalue weighted by Gasteiger charge is -2.50. The van der Waals surface area contributed by atoms with Gasteiger partial charge in [0.15, 0.2) is 0 Å². The molecule has 0 amide bonds. The lowest BCUT2D eigenvalue weighted by Crippen LogP contribution is -2.57. The minimum Gasteiger partial charge on any atom is -0.381 e. The van der Waals surface area contributed by atoms with Crippen molar-refractivity contribution in [3.05, 3.63) is 22.7 Å². The topological polar surface area (TPSA) is 15.3 Å². The molecule has 1 spiro atoms. The zero-order valence-electron chi connectivity index (χ0n) is 11.2. The molecular formula is C15H21BrN2. The first kappa shape index (κ1) is 12.3. The van der Waals surface area contributed by atoms with Crippen LogP contribution in [0.5, 0.6) is 0 Å². The van der Waals surface area contributed by atoms with Gasteiger partial charge in [0.2, 0.25) is 0 Å². The summed E-state index contributed by atoms with van der Waals surface area (Å²) in [6.07, 6.45) is 5.39. The molecule has 98 valence electrons. The molecule has 2 nitrogen and oxygen atoms in total. The molecule has 0 saturated heterocycles. The van der Waals surface area contributed by atoms with Crippen LogP contribution in [0.4, 0.5) is 11.4 Å². The van der Waals surface area contributed by atoms with Gasteiger partial charge < -0.3 is 10.2 Å². The summed E-state index contributed by atoms with van der Waals surface area (Å²) >= 11 is 3.61. The van der Waals surface area contributed by atoms with Gasteiger partial charge in [-0.1, -0.05) is 28.8 Å². The van der Waals surface area contributed by atoms with Crippen molar-refractivity contribution in [1.82, 2.24) is 0 Å². The van der Waals surface area contributed by atoms with Gasteiger partial charge in [-0.3, -0.25) is 0 Å². The normalized spacial score (nSPS) is 21.2. The molecule has 1 fully saturated rings. The van der Waals surface area contributed by atoms with E-state index in [2.05, 4.69) is 58.2 Å². The SMILES string of the molecule is CC(C)N1c2cc(Br)ccc2NCC12CCCC2. The van der Waals surface area contributed by atoms with Crippen molar-refractivity contribution in [3.63, 3.8) is 0 Å². The van der Waals surface area contributed by atoms with Gasteiger partial charge in [-0.25, -0.2) is 0 Å². The maximum atomic E-state index is 3.64. The molecule has 1 N–H and O–H groups in total. The van der Waals surface area contributed by atoms with E-state index in [1.807, 2.05) is 0 Å². The summed E-state index contributed by atoms with van der Waals surface area (Å²) in [5, 5.41) is 3.64. The Bertz CT molecular complexity index is 450. The summed E-state index contributed by atoms with van der Waals surface area (Å²) < 4.78 is 1.17. The monoisotopic (exact) mass is 308 g/mol. The smallest absolute Gasteiger partial charge is 0.0620 e. The average Bonchev–Trinajstić information content (AvgIpc) is 2.77. The highest BCUT2D eigenvalue weighted by Gasteiger charge is 2.43. The van der Waals surface area contributed by atoms with Crippen molar-refractivity contribution in [2.24, 2.45) is 0 Å². The predicted molar refractivity (Wildman–Crippen MR) is 81.4 cm³/mol. The van der Waals surface area contributed by atoms with E-state index in [0.29, 0.717) is 11.6 Å². The summed E-state index contributed by atoms with van der Waals surface area (Å²) in [7, 11) is 0. The van der Waals surface area contributed by atoms with Gasteiger partial charge in [-0.15, -0.1) is 0 Å². The van der Waals surface area contributed by atoms with Gasteiger partial charge in [-0.2, -0.15) is 0 Å². The first-order valence-electron chi connectivity index (χ1n) is 6.95. The maximum Gasteiger partial charge on any atom is 0.0620 e. The fourth-order valence-electron chi connectivity index (χ4n) is 3.73. The van der Waals surface area contributed by atoms with Gasteiger partial charge in [0.25, 0.3) is 0 Å². The van der Waals surface area contributed by atoms with Crippen molar-refractivity contribution >= 4 is 27.3 Å². The molecule has 0 radical (unpaired) electrons. The lowest BCUT2D eigenvalue weighted by atomic mass is 9.89. The predicted octanol–water partition coefficient (Wildman–Crippen LogP) is 4.40. The van der Waals surface area contributed by atoms with E-state index in [1.165, 1.54) is 41.5 Å². The summed E-state index contributed by atoms with van der Waals surface area (Å²) in [6, 6.07) is 7.13. The molecule has 0 atom stereocenters. The summed E-state index contributed by atoms with van der Waals surface area (Å²) in [6.45, 7) is 5.73. The maximum absolute atomic E-state index is 3.64. The number of rotatable bonds is 1. The van der Waals surface area contributed by atoms with Gasteiger partial charge in [0, 0.05) is 17.1 Å². The van der Waals surface area contributed by atoms with Crippen molar-refractivity contribution in [2.45, 2.75) is 51.1 Å². The highest BCUT2D eigenvalue weighted by atomic mass is 79.9. The van der Waals surface area contributed by atoms with Gasteiger partial charge in [0.05, 0.1) is 16.9 Å². The van der Waals surface area contributed by atoms with Crippen LogP contribution in [0.3, 0.4) is 0 Å². The largest absolute Gasteiger partial charge is 0.381 e. The number of hydrogen-bond donors (Lipinski definition) is 1. The van der Waals surface area contributed by atoms with Crippen LogP contribution >= 0.6 is 15.9 Å². The van der Waals surface area contributed by atoms with Crippen molar-refractivity contribution in [1.29, 1.82) is 0 Å². The van der Waals surface area contributed by atoms with Crippen LogP contribution in [0.1, 0.15) is 39.5 Å². The number of nitrogens with one attached hydrogen (secondary N) is 1. The highest BCUT2D eigenvalue weighted by molar-refractivity contribution is 9.10. The molecule has 0 bridgehead atoms. The van der Waals surface area contributed by atoms with E-state index < -0.39 is 0 Å². The first-order chi connectivity index (χ1) is 8.62. The molecule has 1 aliphatic carbocycles. The fraction of sp³-hybridized carbons (Fsp3) is 0.600. The zero-order valence-corrected chi connectivity index (χ0v) is 12.8. The van der Waals surface area contributed by atoms with Gasteiger partial charge in [0.1, 0.15) is 0 Å². The molecule has 0 aromatic heterocycles. The number of fused-ring (bicyclic) bond motifs is 1. The van der Waals surface area contributed by atoms with E-state index >= 15 is 0 Å². The first-order valence-corrected chi connectivity index (χ1v) is 7.74.